The maximum atomic E-state index is 13.7. The Morgan fingerprint density at radius 2 is 1.87 bits per heavy atom. The van der Waals surface area contributed by atoms with E-state index in [4.69, 9.17) is 33.2 Å². The Labute approximate surface area is 216 Å². The lowest BCUT2D eigenvalue weighted by atomic mass is 10.1. The van der Waals surface area contributed by atoms with Crippen LogP contribution in [0.25, 0.3) is 0 Å². The van der Waals surface area contributed by atoms with E-state index in [0.717, 1.165) is 4.57 Å². The van der Waals surface area contributed by atoms with Crippen molar-refractivity contribution in [1.82, 2.24) is 14.6 Å². The van der Waals surface area contributed by atoms with Crippen molar-refractivity contribution in [3.63, 3.8) is 0 Å². The van der Waals surface area contributed by atoms with Crippen LogP contribution in [-0.2, 0) is 32.8 Å². The van der Waals surface area contributed by atoms with E-state index in [0.29, 0.717) is 0 Å². The third-order valence-corrected chi connectivity index (χ3v) is 7.05. The molecule has 2 saturated heterocycles. The SMILES string of the molecule is CC(C)OC(=O)[C@H](C)N[P@](=O)(OC[C@H]1O[C@@H](n2ccc(NO)nc2=O)[C@@H]2OC(=O)O[C@@H]21)Oc1ccccc1. The lowest BCUT2D eigenvalue weighted by Crippen LogP contribution is -2.37. The first kappa shape index (κ1) is 27.5. The zero-order chi connectivity index (χ0) is 27.4. The van der Waals surface area contributed by atoms with E-state index < -0.39 is 68.9 Å². The van der Waals surface area contributed by atoms with Crippen molar-refractivity contribution in [2.75, 3.05) is 12.1 Å². The predicted octanol–water partition coefficient (Wildman–Crippen LogP) is 1.98. The molecule has 1 aromatic heterocycles. The van der Waals surface area contributed by atoms with E-state index in [2.05, 4.69) is 10.1 Å². The highest BCUT2D eigenvalue weighted by molar-refractivity contribution is 7.52. The van der Waals surface area contributed by atoms with Gasteiger partial charge in [-0.25, -0.2) is 14.2 Å². The molecule has 38 heavy (non-hydrogen) atoms. The maximum absolute atomic E-state index is 13.7. The second-order valence-corrected chi connectivity index (χ2v) is 10.3. The minimum atomic E-state index is -4.24. The zero-order valence-corrected chi connectivity index (χ0v) is 21.5. The maximum Gasteiger partial charge on any atom is 0.509 e. The van der Waals surface area contributed by atoms with E-state index in [1.807, 2.05) is 0 Å². The van der Waals surface area contributed by atoms with E-state index >= 15 is 0 Å². The number of hydrogen-bond donors (Lipinski definition) is 3. The summed E-state index contributed by atoms with van der Waals surface area (Å²) in [6, 6.07) is 8.36. The zero-order valence-electron chi connectivity index (χ0n) is 20.6. The van der Waals surface area contributed by atoms with Gasteiger partial charge in [0.1, 0.15) is 17.9 Å². The number of para-hydroxylation sites is 1. The number of nitrogens with zero attached hydrogens (tertiary/aromatic N) is 2. The van der Waals surface area contributed by atoms with Crippen LogP contribution >= 0.6 is 7.75 Å². The Balaban J connectivity index is 1.53. The predicted molar refractivity (Wildman–Crippen MR) is 127 cm³/mol. The summed E-state index contributed by atoms with van der Waals surface area (Å²) in [4.78, 5) is 40.3. The van der Waals surface area contributed by atoms with Crippen molar-refractivity contribution in [2.45, 2.75) is 57.5 Å². The van der Waals surface area contributed by atoms with Crippen molar-refractivity contribution in [3.8, 4) is 5.75 Å². The average molecular weight is 554 g/mol. The number of fused-ring (bicyclic) bond motifs is 1. The van der Waals surface area contributed by atoms with Crippen molar-refractivity contribution < 1.29 is 47.4 Å². The highest BCUT2D eigenvalue weighted by Crippen LogP contribution is 2.47. The normalized spacial score (nSPS) is 24.6. The Hall–Kier alpha value is -3.49. The first-order valence-electron chi connectivity index (χ1n) is 11.6. The van der Waals surface area contributed by atoms with Crippen LogP contribution in [-0.4, -0.2) is 63.9 Å². The van der Waals surface area contributed by atoms with Crippen LogP contribution < -0.4 is 20.8 Å². The molecule has 3 N–H and O–H groups in total. The molecule has 2 aliphatic rings. The summed E-state index contributed by atoms with van der Waals surface area (Å²) in [7, 11) is -4.24. The fraction of sp³-hybridized carbons (Fsp3) is 0.455. The standard InChI is InChI=1S/C22H27N4O11P/c1-12(2)33-20(27)13(3)25-38(31,37-14-7-5-4-6-8-14)32-11-15-17-18(36-22(29)35-17)19(34-15)26-10-9-16(24-30)23-21(26)28/h4-10,12-13,15,17-19,30H,11H2,1-3H3,(H,25,31)(H,23,24,28)/t13-,15+,17+,18+,19+,38-/m0/s1. The minimum absolute atomic E-state index is 0.101. The first-order chi connectivity index (χ1) is 18.1. The van der Waals surface area contributed by atoms with Crippen molar-refractivity contribution in [3.05, 3.63) is 53.1 Å². The van der Waals surface area contributed by atoms with Crippen LogP contribution in [0, 0.1) is 0 Å². The lowest BCUT2D eigenvalue weighted by Gasteiger charge is -2.25. The number of anilines is 1. The molecule has 6 atom stereocenters. The third kappa shape index (κ3) is 6.31. The summed E-state index contributed by atoms with van der Waals surface area (Å²) in [5.74, 6) is -0.583. The summed E-state index contributed by atoms with van der Waals surface area (Å²) in [5, 5.41) is 11.5. The monoisotopic (exact) mass is 554 g/mol. The van der Waals surface area contributed by atoms with Crippen LogP contribution in [0.4, 0.5) is 10.6 Å². The number of hydrogen-bond acceptors (Lipinski definition) is 13. The number of esters is 1. The molecule has 3 heterocycles. The van der Waals surface area contributed by atoms with Crippen LogP contribution in [0.2, 0.25) is 0 Å². The van der Waals surface area contributed by atoms with E-state index in [9.17, 15) is 18.9 Å². The van der Waals surface area contributed by atoms with Gasteiger partial charge < -0.3 is 23.5 Å². The second-order valence-electron chi connectivity index (χ2n) is 8.63. The largest absolute Gasteiger partial charge is 0.509 e. The van der Waals surface area contributed by atoms with Gasteiger partial charge >= 0.3 is 25.6 Å². The molecule has 0 amide bonds. The third-order valence-electron chi connectivity index (χ3n) is 5.40. The highest BCUT2D eigenvalue weighted by Gasteiger charge is 2.56. The number of carbonyl (C=O) groups excluding carboxylic acids is 2. The molecule has 0 saturated carbocycles. The molecule has 1 aromatic carbocycles. The van der Waals surface area contributed by atoms with Gasteiger partial charge in [-0.2, -0.15) is 10.1 Å². The average Bonchev–Trinajstić information content (AvgIpc) is 3.40. The van der Waals surface area contributed by atoms with Crippen LogP contribution in [0.15, 0.2) is 47.4 Å². The first-order valence-corrected chi connectivity index (χ1v) is 13.1. The van der Waals surface area contributed by atoms with E-state index in [-0.39, 0.29) is 11.6 Å². The molecule has 2 fully saturated rings. The smallest absolute Gasteiger partial charge is 0.462 e. The van der Waals surface area contributed by atoms with Gasteiger partial charge in [0.15, 0.2) is 24.3 Å². The summed E-state index contributed by atoms with van der Waals surface area (Å²) in [6.45, 7) is 4.33. The summed E-state index contributed by atoms with van der Waals surface area (Å²) in [5.41, 5.74) is 0.948. The van der Waals surface area contributed by atoms with Crippen molar-refractivity contribution >= 4 is 25.7 Å². The molecule has 0 spiro atoms. The fourth-order valence-electron chi connectivity index (χ4n) is 3.76. The molecule has 4 rings (SSSR count). The molecule has 16 heteroatoms. The molecule has 0 bridgehead atoms. The Morgan fingerprint density at radius 1 is 1.16 bits per heavy atom. The highest BCUT2D eigenvalue weighted by atomic mass is 31.2. The minimum Gasteiger partial charge on any atom is -0.462 e. The van der Waals surface area contributed by atoms with Crippen LogP contribution in [0.1, 0.15) is 27.0 Å². The Morgan fingerprint density at radius 3 is 2.53 bits per heavy atom. The summed E-state index contributed by atoms with van der Waals surface area (Å²) in [6.07, 6.45) is -4.39. The number of carbonyl (C=O) groups is 2. The van der Waals surface area contributed by atoms with E-state index in [1.54, 1.807) is 49.7 Å². The molecule has 15 nitrogen and oxygen atoms in total. The van der Waals surface area contributed by atoms with Gasteiger partial charge in [0.05, 0.1) is 12.7 Å². The van der Waals surface area contributed by atoms with Crippen LogP contribution in [0.3, 0.4) is 0 Å². The van der Waals surface area contributed by atoms with Gasteiger partial charge in [-0.1, -0.05) is 18.2 Å². The molecule has 0 aliphatic carbocycles. The number of aromatic nitrogens is 2. The Kier molecular flexibility index (Phi) is 8.33. The number of nitrogens with one attached hydrogen (secondary N) is 2. The molecule has 2 aromatic rings. The molecule has 0 unspecified atom stereocenters. The van der Waals surface area contributed by atoms with Gasteiger partial charge in [0.2, 0.25) is 0 Å². The number of ether oxygens (including phenoxy) is 4. The van der Waals surface area contributed by atoms with Gasteiger partial charge in [-0.3, -0.25) is 24.6 Å². The summed E-state index contributed by atoms with van der Waals surface area (Å²) < 4.78 is 47.4. The second kappa shape index (κ2) is 11.5. The fourth-order valence-corrected chi connectivity index (χ4v) is 5.26. The number of rotatable bonds is 11. The lowest BCUT2D eigenvalue weighted by molar-refractivity contribution is -0.149. The molecular weight excluding hydrogens is 527 g/mol. The van der Waals surface area contributed by atoms with Crippen molar-refractivity contribution in [2.24, 2.45) is 0 Å². The van der Waals surface area contributed by atoms with Gasteiger partial charge in [-0.05, 0) is 39.0 Å². The number of benzene rings is 1. The van der Waals surface area contributed by atoms with Gasteiger partial charge in [0.25, 0.3) is 0 Å². The quantitative estimate of drug-likeness (QED) is 0.208. The van der Waals surface area contributed by atoms with Gasteiger partial charge in [-0.15, -0.1) is 0 Å². The molecule has 0 radical (unpaired) electrons. The Bertz CT molecular complexity index is 1260. The van der Waals surface area contributed by atoms with Gasteiger partial charge in [0, 0.05) is 6.20 Å². The molecule has 206 valence electrons. The van der Waals surface area contributed by atoms with Crippen LogP contribution in [0.5, 0.6) is 5.75 Å². The topological polar surface area (TPSA) is 186 Å². The van der Waals surface area contributed by atoms with Crippen molar-refractivity contribution in [1.29, 1.82) is 0 Å². The summed E-state index contributed by atoms with van der Waals surface area (Å²) >= 11 is 0. The molecule has 2 aliphatic heterocycles. The van der Waals surface area contributed by atoms with E-state index in [1.165, 1.54) is 19.2 Å². The molecular formula is C22H27N4O11P.